The van der Waals surface area contributed by atoms with Gasteiger partial charge in [-0.25, -0.2) is 0 Å². The van der Waals surface area contributed by atoms with Gasteiger partial charge in [0.2, 0.25) is 0 Å². The quantitative estimate of drug-likeness (QED) is 0.578. The highest BCUT2D eigenvalue weighted by Crippen LogP contribution is 2.27. The Hall–Kier alpha value is -1.40. The molecule has 6 heteroatoms. The molecule has 0 bridgehead atoms. The maximum absolute atomic E-state index is 10.8. The first-order valence-electron chi connectivity index (χ1n) is 5.90. The average molecular weight is 400 g/mol. The Balaban J connectivity index is 2.19. The van der Waals surface area contributed by atoms with Crippen molar-refractivity contribution in [3.8, 4) is 0 Å². The van der Waals surface area contributed by atoms with Crippen LogP contribution in [0.4, 0.5) is 11.4 Å². The molecular weight excluding hydrogens is 388 g/mol. The molecule has 1 N–H and O–H groups in total. The highest BCUT2D eigenvalue weighted by atomic mass is 79.9. The van der Waals surface area contributed by atoms with Crippen molar-refractivity contribution in [2.75, 3.05) is 5.32 Å². The van der Waals surface area contributed by atoms with E-state index in [1.807, 2.05) is 31.2 Å². The lowest BCUT2D eigenvalue weighted by molar-refractivity contribution is -0.385. The lowest BCUT2D eigenvalue weighted by Gasteiger charge is -2.10. The van der Waals surface area contributed by atoms with E-state index >= 15 is 0 Å². The third kappa shape index (κ3) is 3.58. The summed E-state index contributed by atoms with van der Waals surface area (Å²) in [7, 11) is 0. The van der Waals surface area contributed by atoms with Crippen LogP contribution in [-0.4, -0.2) is 4.92 Å². The van der Waals surface area contributed by atoms with E-state index in [0.717, 1.165) is 21.3 Å². The summed E-state index contributed by atoms with van der Waals surface area (Å²) in [5.74, 6) is 0. The third-order valence-electron chi connectivity index (χ3n) is 2.83. The normalized spacial score (nSPS) is 10.3. The van der Waals surface area contributed by atoms with Gasteiger partial charge in [0.1, 0.15) is 0 Å². The molecule has 0 aromatic heterocycles. The summed E-state index contributed by atoms with van der Waals surface area (Å²) in [4.78, 5) is 10.4. The third-order valence-corrected chi connectivity index (χ3v) is 4.34. The Kier molecular flexibility index (Phi) is 4.77. The number of halogens is 2. The summed E-state index contributed by atoms with van der Waals surface area (Å²) in [6.45, 7) is 2.53. The summed E-state index contributed by atoms with van der Waals surface area (Å²) in [6.07, 6.45) is 0. The zero-order chi connectivity index (χ0) is 14.7. The Morgan fingerprint density at radius 2 is 2.00 bits per heavy atom. The zero-order valence-electron chi connectivity index (χ0n) is 10.7. The molecule has 4 nitrogen and oxygen atoms in total. The monoisotopic (exact) mass is 398 g/mol. The van der Waals surface area contributed by atoms with Crippen molar-refractivity contribution in [3.63, 3.8) is 0 Å². The summed E-state index contributed by atoms with van der Waals surface area (Å²) < 4.78 is 1.70. The molecule has 2 aromatic rings. The minimum absolute atomic E-state index is 0.0829. The van der Waals surface area contributed by atoms with E-state index in [1.54, 1.807) is 6.07 Å². The van der Waals surface area contributed by atoms with Gasteiger partial charge in [-0.05, 0) is 46.1 Å². The number of nitrogens with one attached hydrogen (secondary N) is 1. The van der Waals surface area contributed by atoms with Crippen LogP contribution < -0.4 is 5.32 Å². The maximum Gasteiger partial charge on any atom is 0.270 e. The number of rotatable bonds is 4. The van der Waals surface area contributed by atoms with Crippen LogP contribution in [0.15, 0.2) is 45.3 Å². The molecule has 104 valence electrons. The molecule has 0 fully saturated rings. The smallest absolute Gasteiger partial charge is 0.270 e. The van der Waals surface area contributed by atoms with Crippen LogP contribution in [0.3, 0.4) is 0 Å². The van der Waals surface area contributed by atoms with Crippen LogP contribution >= 0.6 is 31.9 Å². The molecule has 20 heavy (non-hydrogen) atoms. The van der Waals surface area contributed by atoms with Crippen molar-refractivity contribution in [2.24, 2.45) is 0 Å². The van der Waals surface area contributed by atoms with Gasteiger partial charge < -0.3 is 5.32 Å². The second-order valence-electron chi connectivity index (χ2n) is 4.36. The van der Waals surface area contributed by atoms with Gasteiger partial charge >= 0.3 is 0 Å². The molecule has 0 aliphatic rings. The van der Waals surface area contributed by atoms with Crippen molar-refractivity contribution in [2.45, 2.75) is 13.5 Å². The van der Waals surface area contributed by atoms with Crippen LogP contribution in [0.2, 0.25) is 0 Å². The predicted molar refractivity (Wildman–Crippen MR) is 87.0 cm³/mol. The SMILES string of the molecule is Cc1cccc(NCc2cc(Br)cc([N+](=O)[O-])c2)c1Br. The molecule has 0 saturated heterocycles. The van der Waals surface area contributed by atoms with Crippen LogP contribution in [0.5, 0.6) is 0 Å². The first kappa shape index (κ1) is 15.0. The minimum atomic E-state index is -0.392. The van der Waals surface area contributed by atoms with Crippen molar-refractivity contribution >= 4 is 43.2 Å². The van der Waals surface area contributed by atoms with Crippen molar-refractivity contribution < 1.29 is 4.92 Å². The van der Waals surface area contributed by atoms with Crippen molar-refractivity contribution in [1.82, 2.24) is 0 Å². The number of anilines is 1. The van der Waals surface area contributed by atoms with Gasteiger partial charge in [-0.3, -0.25) is 10.1 Å². The van der Waals surface area contributed by atoms with Crippen LogP contribution in [0, 0.1) is 17.0 Å². The molecule has 0 spiro atoms. The zero-order valence-corrected chi connectivity index (χ0v) is 13.9. The fraction of sp³-hybridized carbons (Fsp3) is 0.143. The largest absolute Gasteiger partial charge is 0.380 e. The first-order valence-corrected chi connectivity index (χ1v) is 7.49. The number of non-ortho nitro benzene ring substituents is 1. The molecule has 0 unspecified atom stereocenters. The van der Waals surface area contributed by atoms with Gasteiger partial charge in [0.25, 0.3) is 5.69 Å². The number of aryl methyl sites for hydroxylation is 1. The van der Waals surface area contributed by atoms with E-state index in [4.69, 9.17) is 0 Å². The molecule has 2 aromatic carbocycles. The summed E-state index contributed by atoms with van der Waals surface area (Å²) >= 11 is 6.82. The Morgan fingerprint density at radius 1 is 1.25 bits per heavy atom. The fourth-order valence-electron chi connectivity index (χ4n) is 1.82. The molecule has 0 aliphatic heterocycles. The van der Waals surface area contributed by atoms with Gasteiger partial charge in [0.05, 0.1) is 4.92 Å². The maximum atomic E-state index is 10.8. The van der Waals surface area contributed by atoms with Crippen molar-refractivity contribution in [3.05, 3.63) is 66.6 Å². The van der Waals surface area contributed by atoms with Gasteiger partial charge in [-0.2, -0.15) is 0 Å². The molecule has 0 amide bonds. The minimum Gasteiger partial charge on any atom is -0.380 e. The fourth-order valence-corrected chi connectivity index (χ4v) is 2.76. The highest BCUT2D eigenvalue weighted by molar-refractivity contribution is 9.11. The lowest BCUT2D eigenvalue weighted by atomic mass is 10.2. The summed E-state index contributed by atoms with van der Waals surface area (Å²) in [5.41, 5.74) is 3.03. The summed E-state index contributed by atoms with van der Waals surface area (Å²) in [5, 5.41) is 14.1. The first-order chi connectivity index (χ1) is 9.47. The predicted octanol–water partition coefficient (Wildman–Crippen LogP) is 5.04. The molecule has 0 atom stereocenters. The van der Waals surface area contributed by atoms with E-state index in [1.165, 1.54) is 6.07 Å². The number of hydrogen-bond acceptors (Lipinski definition) is 3. The molecule has 0 saturated carbocycles. The van der Waals surface area contributed by atoms with Gasteiger partial charge in [-0.1, -0.05) is 28.1 Å². The van der Waals surface area contributed by atoms with Gasteiger partial charge in [0.15, 0.2) is 0 Å². The second-order valence-corrected chi connectivity index (χ2v) is 6.07. The summed E-state index contributed by atoms with van der Waals surface area (Å²) in [6, 6.07) is 10.9. The van der Waals surface area contributed by atoms with Crippen LogP contribution in [-0.2, 0) is 6.54 Å². The number of nitro groups is 1. The average Bonchev–Trinajstić information content (AvgIpc) is 2.40. The topological polar surface area (TPSA) is 55.2 Å². The number of nitro benzene ring substituents is 1. The Bertz CT molecular complexity index is 660. The number of hydrogen-bond donors (Lipinski definition) is 1. The van der Waals surface area contributed by atoms with Crippen LogP contribution in [0.1, 0.15) is 11.1 Å². The highest BCUT2D eigenvalue weighted by Gasteiger charge is 2.09. The standard InChI is InChI=1S/C14H12Br2N2O2/c1-9-3-2-4-13(14(9)16)17-8-10-5-11(15)7-12(6-10)18(19)20/h2-7,17H,8H2,1H3. The molecule has 0 radical (unpaired) electrons. The Morgan fingerprint density at radius 3 is 2.70 bits per heavy atom. The van der Waals surface area contributed by atoms with E-state index in [0.29, 0.717) is 11.0 Å². The number of nitrogens with zero attached hydrogens (tertiary/aromatic N) is 1. The molecule has 0 heterocycles. The van der Waals surface area contributed by atoms with Crippen molar-refractivity contribution in [1.29, 1.82) is 0 Å². The lowest BCUT2D eigenvalue weighted by Crippen LogP contribution is -2.01. The van der Waals surface area contributed by atoms with E-state index in [-0.39, 0.29) is 5.69 Å². The van der Waals surface area contributed by atoms with E-state index < -0.39 is 4.92 Å². The Labute approximate surface area is 133 Å². The number of benzene rings is 2. The van der Waals surface area contributed by atoms with E-state index in [9.17, 15) is 10.1 Å². The molecule has 2 rings (SSSR count). The molecular formula is C14H12Br2N2O2. The van der Waals surface area contributed by atoms with Crippen LogP contribution in [0.25, 0.3) is 0 Å². The van der Waals surface area contributed by atoms with E-state index in [2.05, 4.69) is 37.2 Å². The second kappa shape index (κ2) is 6.37. The van der Waals surface area contributed by atoms with Gasteiger partial charge in [0, 0.05) is 33.3 Å². The molecule has 0 aliphatic carbocycles. The van der Waals surface area contributed by atoms with Gasteiger partial charge in [-0.15, -0.1) is 0 Å².